The summed E-state index contributed by atoms with van der Waals surface area (Å²) in [5.41, 5.74) is 2.32. The maximum Gasteiger partial charge on any atom is 0.331 e. The fourth-order valence-electron chi connectivity index (χ4n) is 3.20. The van der Waals surface area contributed by atoms with Crippen molar-refractivity contribution in [2.75, 3.05) is 13.2 Å². The normalized spacial score (nSPS) is 12.9. The van der Waals surface area contributed by atoms with Crippen LogP contribution in [0.5, 0.6) is 11.5 Å². The van der Waals surface area contributed by atoms with E-state index in [0.717, 1.165) is 12.0 Å². The van der Waals surface area contributed by atoms with E-state index in [1.54, 1.807) is 23.6 Å². The monoisotopic (exact) mass is 498 g/mol. The van der Waals surface area contributed by atoms with Gasteiger partial charge in [0.15, 0.2) is 11.5 Å². The van der Waals surface area contributed by atoms with E-state index in [9.17, 15) is 9.59 Å². The number of fused-ring (bicyclic) bond motifs is 1. The highest BCUT2D eigenvalue weighted by atomic mass is 35.5. The zero-order valence-corrected chi connectivity index (χ0v) is 19.9. The highest BCUT2D eigenvalue weighted by Gasteiger charge is 2.15. The molecule has 1 amide bonds. The molecule has 4 rings (SSSR count). The van der Waals surface area contributed by atoms with Gasteiger partial charge in [0, 0.05) is 24.4 Å². The number of carbonyl (C=O) groups is 2. The summed E-state index contributed by atoms with van der Waals surface area (Å²) in [7, 11) is 0. The Labute approximate surface area is 206 Å². The highest BCUT2D eigenvalue weighted by Crippen LogP contribution is 2.38. The van der Waals surface area contributed by atoms with Gasteiger partial charge in [-0.05, 0) is 29.3 Å². The van der Waals surface area contributed by atoms with Crippen LogP contribution in [0.15, 0.2) is 53.9 Å². The van der Waals surface area contributed by atoms with E-state index in [4.69, 9.17) is 25.8 Å². The molecule has 9 heteroatoms. The number of halogens is 1. The van der Waals surface area contributed by atoms with Gasteiger partial charge in [-0.15, -0.1) is 11.3 Å². The Bertz CT molecular complexity index is 1180. The van der Waals surface area contributed by atoms with Gasteiger partial charge in [-0.25, -0.2) is 9.78 Å². The third kappa shape index (κ3) is 6.82. The van der Waals surface area contributed by atoms with Crippen LogP contribution in [-0.2, 0) is 33.9 Å². The minimum atomic E-state index is -0.515. The maximum atomic E-state index is 12.1. The number of hydrogen-bond donors (Lipinski definition) is 1. The molecule has 0 bridgehead atoms. The first-order valence-corrected chi connectivity index (χ1v) is 12.0. The van der Waals surface area contributed by atoms with Crippen LogP contribution >= 0.6 is 22.9 Å². The second-order valence-electron chi connectivity index (χ2n) is 7.49. The molecule has 0 unspecified atom stereocenters. The number of esters is 1. The molecule has 2 heterocycles. The Morgan fingerprint density at radius 3 is 2.85 bits per heavy atom. The van der Waals surface area contributed by atoms with E-state index in [-0.39, 0.29) is 18.9 Å². The molecular formula is C25H23ClN2O5S. The van der Waals surface area contributed by atoms with Gasteiger partial charge in [-0.3, -0.25) is 4.79 Å². The maximum absolute atomic E-state index is 12.1. The van der Waals surface area contributed by atoms with Gasteiger partial charge in [-0.2, -0.15) is 0 Å². The van der Waals surface area contributed by atoms with E-state index in [1.165, 1.54) is 17.4 Å². The molecule has 1 N–H and O–H groups in total. The number of amides is 1. The zero-order valence-electron chi connectivity index (χ0n) is 18.3. The molecular weight excluding hydrogens is 476 g/mol. The van der Waals surface area contributed by atoms with E-state index in [2.05, 4.69) is 10.3 Å². The summed E-state index contributed by atoms with van der Waals surface area (Å²) in [6.07, 6.45) is 3.88. The summed E-state index contributed by atoms with van der Waals surface area (Å²) in [6.45, 7) is 1.58. The summed E-state index contributed by atoms with van der Waals surface area (Å²) in [6, 6.07) is 13.2. The van der Waals surface area contributed by atoms with E-state index in [1.807, 2.05) is 30.3 Å². The van der Waals surface area contributed by atoms with Crippen LogP contribution in [-0.4, -0.2) is 30.1 Å². The second kappa shape index (κ2) is 11.7. The lowest BCUT2D eigenvalue weighted by Gasteiger charge is -2.09. The van der Waals surface area contributed by atoms with E-state index in [0.29, 0.717) is 52.5 Å². The average Bonchev–Trinajstić information content (AvgIpc) is 3.14. The summed E-state index contributed by atoms with van der Waals surface area (Å²) in [5.74, 6) is 0.449. The zero-order chi connectivity index (χ0) is 23.8. The number of nitrogens with zero attached hydrogens (tertiary/aromatic N) is 1. The van der Waals surface area contributed by atoms with Crippen molar-refractivity contribution < 1.29 is 23.8 Å². The highest BCUT2D eigenvalue weighted by molar-refractivity contribution is 7.09. The third-order valence-corrected chi connectivity index (χ3v) is 6.02. The first-order valence-electron chi connectivity index (χ1n) is 10.7. The number of benzene rings is 2. The third-order valence-electron chi connectivity index (χ3n) is 4.84. The molecule has 1 aromatic heterocycles. The topological polar surface area (TPSA) is 86.8 Å². The Morgan fingerprint density at radius 2 is 2.00 bits per heavy atom. The first-order chi connectivity index (χ1) is 16.6. The summed E-state index contributed by atoms with van der Waals surface area (Å²) < 4.78 is 16.5. The number of ether oxygens (including phenoxy) is 3. The van der Waals surface area contributed by atoms with Crippen LogP contribution in [0.25, 0.3) is 6.08 Å². The van der Waals surface area contributed by atoms with Gasteiger partial charge in [0.25, 0.3) is 0 Å². The molecule has 3 aromatic rings. The smallest absolute Gasteiger partial charge is 0.331 e. The largest absolute Gasteiger partial charge is 0.489 e. The molecule has 1 aliphatic heterocycles. The molecule has 0 fully saturated rings. The minimum absolute atomic E-state index is 0.0210. The van der Waals surface area contributed by atoms with Crippen LogP contribution in [0, 0.1) is 0 Å². The SMILES string of the molecule is O=C(Cc1nc(COC(=O)/C=C/c2cc(Cl)c3c(c2)OCCCO3)cs1)NCc1ccccc1. The number of thiazole rings is 1. The lowest BCUT2D eigenvalue weighted by atomic mass is 10.2. The minimum Gasteiger partial charge on any atom is -0.489 e. The predicted molar refractivity (Wildman–Crippen MR) is 130 cm³/mol. The van der Waals surface area contributed by atoms with Crippen LogP contribution in [0.4, 0.5) is 0 Å². The Kier molecular flexibility index (Phi) is 8.17. The van der Waals surface area contributed by atoms with Crippen LogP contribution in [0.2, 0.25) is 5.02 Å². The van der Waals surface area contributed by atoms with Crippen molar-refractivity contribution >= 4 is 40.9 Å². The van der Waals surface area contributed by atoms with Crippen molar-refractivity contribution in [2.45, 2.75) is 26.0 Å². The van der Waals surface area contributed by atoms with Gasteiger partial charge in [0.05, 0.1) is 30.4 Å². The Hall–Kier alpha value is -3.36. The summed E-state index contributed by atoms with van der Waals surface area (Å²) >= 11 is 7.63. The first kappa shape index (κ1) is 23.8. The predicted octanol–water partition coefficient (Wildman–Crippen LogP) is 4.57. The summed E-state index contributed by atoms with van der Waals surface area (Å²) in [5, 5.41) is 5.74. The molecule has 0 spiro atoms. The lowest BCUT2D eigenvalue weighted by molar-refractivity contribution is -0.139. The lowest BCUT2D eigenvalue weighted by Crippen LogP contribution is -2.24. The van der Waals surface area contributed by atoms with Crippen molar-refractivity contribution in [1.82, 2.24) is 10.3 Å². The number of nitrogens with one attached hydrogen (secondary N) is 1. The molecule has 0 saturated carbocycles. The van der Waals surface area contributed by atoms with Crippen molar-refractivity contribution in [3.63, 3.8) is 0 Å². The Balaban J connectivity index is 1.24. The van der Waals surface area contributed by atoms with Crippen molar-refractivity contribution in [3.8, 4) is 11.5 Å². The molecule has 2 aromatic carbocycles. The molecule has 0 aliphatic carbocycles. The fraction of sp³-hybridized carbons (Fsp3) is 0.240. The van der Waals surface area contributed by atoms with Gasteiger partial charge < -0.3 is 19.5 Å². The van der Waals surface area contributed by atoms with Crippen molar-refractivity contribution in [3.05, 3.63) is 80.8 Å². The number of hydrogen-bond acceptors (Lipinski definition) is 7. The molecule has 176 valence electrons. The van der Waals surface area contributed by atoms with E-state index >= 15 is 0 Å². The number of carbonyl (C=O) groups excluding carboxylic acids is 2. The molecule has 1 aliphatic rings. The van der Waals surface area contributed by atoms with Crippen molar-refractivity contribution in [2.24, 2.45) is 0 Å². The number of rotatable bonds is 8. The average molecular weight is 499 g/mol. The van der Waals surface area contributed by atoms with Gasteiger partial charge in [-0.1, -0.05) is 41.9 Å². The number of aromatic nitrogens is 1. The quantitative estimate of drug-likeness (QED) is 0.361. The van der Waals surface area contributed by atoms with E-state index < -0.39 is 5.97 Å². The van der Waals surface area contributed by atoms with Gasteiger partial charge >= 0.3 is 5.97 Å². The van der Waals surface area contributed by atoms with Crippen LogP contribution in [0.1, 0.15) is 28.2 Å². The fourth-order valence-corrected chi connectivity index (χ4v) is 4.25. The molecule has 0 atom stereocenters. The van der Waals surface area contributed by atoms with Gasteiger partial charge in [0.2, 0.25) is 5.91 Å². The molecule has 34 heavy (non-hydrogen) atoms. The summed E-state index contributed by atoms with van der Waals surface area (Å²) in [4.78, 5) is 28.7. The standard InChI is InChI=1S/C25H23ClN2O5S/c26-20-11-18(12-21-25(20)32-10-4-9-31-21)7-8-24(30)33-15-19-16-34-23(28-19)13-22(29)27-14-17-5-2-1-3-6-17/h1-3,5-8,11-12,16H,4,9-10,13-15H2,(H,27,29)/b8-7+. The second-order valence-corrected chi connectivity index (χ2v) is 8.84. The van der Waals surface area contributed by atoms with Crippen LogP contribution < -0.4 is 14.8 Å². The molecule has 0 radical (unpaired) electrons. The molecule has 7 nitrogen and oxygen atoms in total. The molecule has 0 saturated heterocycles. The van der Waals surface area contributed by atoms with Crippen LogP contribution in [0.3, 0.4) is 0 Å². The van der Waals surface area contributed by atoms with Crippen molar-refractivity contribution in [1.29, 1.82) is 0 Å². The Morgan fingerprint density at radius 1 is 1.18 bits per heavy atom. The van der Waals surface area contributed by atoms with Gasteiger partial charge in [0.1, 0.15) is 11.6 Å².